The van der Waals surface area contributed by atoms with Crippen LogP contribution in [0.4, 0.5) is 0 Å². The van der Waals surface area contributed by atoms with E-state index in [1.54, 1.807) is 18.3 Å². The van der Waals surface area contributed by atoms with Gasteiger partial charge in [-0.15, -0.1) is 5.10 Å². The molecule has 0 radical (unpaired) electrons. The van der Waals surface area contributed by atoms with Crippen molar-refractivity contribution in [2.45, 2.75) is 13.5 Å². The Morgan fingerprint density at radius 1 is 1.08 bits per heavy atom. The Labute approximate surface area is 166 Å². The number of phenols is 1. The number of hydrogen-bond acceptors (Lipinski definition) is 5. The van der Waals surface area contributed by atoms with Crippen molar-refractivity contribution in [3.8, 4) is 23.0 Å². The molecule has 0 aliphatic rings. The third-order valence-electron chi connectivity index (χ3n) is 3.32. The van der Waals surface area contributed by atoms with Crippen molar-refractivity contribution >= 4 is 43.5 Å². The predicted octanol–water partition coefficient (Wildman–Crippen LogP) is 5.31. The fourth-order valence-corrected chi connectivity index (χ4v) is 3.72. The van der Waals surface area contributed by atoms with Gasteiger partial charge in [-0.05, 0) is 74.2 Å². The van der Waals surface area contributed by atoms with Gasteiger partial charge in [0.25, 0.3) is 0 Å². The van der Waals surface area contributed by atoms with Gasteiger partial charge in [0.05, 0.1) is 15.1 Å². The lowest BCUT2D eigenvalue weighted by molar-refractivity contribution is 0.276. The Balaban J connectivity index is 1.74. The van der Waals surface area contributed by atoms with Crippen molar-refractivity contribution in [1.29, 1.82) is 0 Å². The Kier molecular flexibility index (Phi) is 5.56. The van der Waals surface area contributed by atoms with Gasteiger partial charge in [-0.25, -0.2) is 4.98 Å². The van der Waals surface area contributed by atoms with E-state index in [0.717, 1.165) is 16.7 Å². The molecule has 0 amide bonds. The summed E-state index contributed by atoms with van der Waals surface area (Å²) in [7, 11) is 0. The van der Waals surface area contributed by atoms with Gasteiger partial charge in [0.2, 0.25) is 0 Å². The van der Waals surface area contributed by atoms with Gasteiger partial charge < -0.3 is 9.84 Å². The number of rotatable bonds is 4. The molecule has 0 fully saturated rings. The van der Waals surface area contributed by atoms with Crippen LogP contribution in [-0.2, 0) is 6.61 Å². The highest BCUT2D eigenvalue weighted by Crippen LogP contribution is 2.36. The first-order valence-electron chi connectivity index (χ1n) is 7.19. The Bertz CT molecular complexity index is 877. The molecule has 0 spiro atoms. The van der Waals surface area contributed by atoms with E-state index in [2.05, 4.69) is 47.0 Å². The van der Waals surface area contributed by atoms with E-state index in [1.165, 1.54) is 0 Å². The van der Waals surface area contributed by atoms with Crippen LogP contribution in [0.1, 0.15) is 11.1 Å². The van der Waals surface area contributed by atoms with E-state index in [9.17, 15) is 5.11 Å². The average Bonchev–Trinajstić information content (AvgIpc) is 2.57. The zero-order valence-electron chi connectivity index (χ0n) is 13.0. The number of phenolic OH excluding ortho intramolecular Hbond substituents is 1. The summed E-state index contributed by atoms with van der Waals surface area (Å²) < 4.78 is 6.66. The van der Waals surface area contributed by atoms with Crippen LogP contribution in [0.15, 0.2) is 45.5 Å². The van der Waals surface area contributed by atoms with Gasteiger partial charge >= 0.3 is 6.01 Å². The van der Waals surface area contributed by atoms with E-state index in [-0.39, 0.29) is 11.8 Å². The smallest absolute Gasteiger partial charge is 0.336 e. The van der Waals surface area contributed by atoms with Crippen molar-refractivity contribution in [3.63, 3.8) is 0 Å². The molecule has 3 rings (SSSR count). The van der Waals surface area contributed by atoms with Crippen molar-refractivity contribution < 1.29 is 9.84 Å². The monoisotopic (exact) mass is 483 g/mol. The Hall–Kier alpha value is -1.70. The minimum absolute atomic E-state index is 0.126. The van der Waals surface area contributed by atoms with Crippen LogP contribution in [0, 0.1) is 6.92 Å². The van der Waals surface area contributed by atoms with Crippen molar-refractivity contribution in [2.24, 2.45) is 0 Å². The van der Waals surface area contributed by atoms with Crippen molar-refractivity contribution in [3.05, 3.63) is 61.6 Å². The summed E-state index contributed by atoms with van der Waals surface area (Å²) in [6, 6.07) is 9.35. The lowest BCUT2D eigenvalue weighted by Gasteiger charge is -2.07. The van der Waals surface area contributed by atoms with Crippen molar-refractivity contribution in [1.82, 2.24) is 15.2 Å². The lowest BCUT2D eigenvalue weighted by Crippen LogP contribution is -2.01. The lowest BCUT2D eigenvalue weighted by atomic mass is 10.1. The average molecular weight is 486 g/mol. The van der Waals surface area contributed by atoms with Crippen LogP contribution in [0.2, 0.25) is 5.02 Å². The molecular formula is C17H12Br2ClN3O2. The van der Waals surface area contributed by atoms with E-state index in [0.29, 0.717) is 26.3 Å². The quantitative estimate of drug-likeness (QED) is 0.543. The van der Waals surface area contributed by atoms with Crippen LogP contribution in [0.5, 0.6) is 11.8 Å². The van der Waals surface area contributed by atoms with Gasteiger partial charge in [0.15, 0.2) is 0 Å². The van der Waals surface area contributed by atoms with Crippen LogP contribution in [0.3, 0.4) is 0 Å². The largest absolute Gasteiger partial charge is 0.506 e. The second kappa shape index (κ2) is 7.68. The number of halogens is 3. The molecule has 2 aromatic carbocycles. The molecule has 5 nitrogen and oxygen atoms in total. The normalized spacial score (nSPS) is 10.7. The summed E-state index contributed by atoms with van der Waals surface area (Å²) in [4.78, 5) is 4.17. The number of aryl methyl sites for hydroxylation is 1. The minimum atomic E-state index is 0.126. The molecule has 0 saturated carbocycles. The molecular weight excluding hydrogens is 473 g/mol. The molecule has 0 atom stereocenters. The number of nitrogens with zero attached hydrogens (tertiary/aromatic N) is 3. The maximum absolute atomic E-state index is 9.76. The summed E-state index contributed by atoms with van der Waals surface area (Å²) in [5.41, 5.74) is 3.31. The van der Waals surface area contributed by atoms with E-state index in [4.69, 9.17) is 16.3 Å². The first kappa shape index (κ1) is 18.1. The van der Waals surface area contributed by atoms with E-state index >= 15 is 0 Å². The highest BCUT2D eigenvalue weighted by atomic mass is 79.9. The second-order valence-corrected chi connectivity index (χ2v) is 7.49. The minimum Gasteiger partial charge on any atom is -0.506 e. The molecule has 8 heteroatoms. The number of aromatic hydroxyl groups is 1. The van der Waals surface area contributed by atoms with Crippen LogP contribution >= 0.6 is 43.5 Å². The summed E-state index contributed by atoms with van der Waals surface area (Å²) >= 11 is 12.6. The molecule has 3 aromatic rings. The topological polar surface area (TPSA) is 68.1 Å². The molecule has 0 aliphatic carbocycles. The molecule has 0 unspecified atom stereocenters. The number of benzene rings is 2. The van der Waals surface area contributed by atoms with Crippen LogP contribution in [-0.4, -0.2) is 20.3 Å². The first-order valence-corrected chi connectivity index (χ1v) is 9.16. The molecule has 1 aromatic heterocycles. The van der Waals surface area contributed by atoms with Crippen LogP contribution < -0.4 is 4.74 Å². The molecule has 25 heavy (non-hydrogen) atoms. The molecule has 1 heterocycles. The van der Waals surface area contributed by atoms with E-state index < -0.39 is 0 Å². The molecule has 0 aliphatic heterocycles. The maximum Gasteiger partial charge on any atom is 0.336 e. The first-order chi connectivity index (χ1) is 11.9. The zero-order valence-corrected chi connectivity index (χ0v) is 16.9. The summed E-state index contributed by atoms with van der Waals surface area (Å²) in [5, 5.41) is 18.5. The third-order valence-corrected chi connectivity index (χ3v) is 4.75. The second-order valence-electron chi connectivity index (χ2n) is 5.34. The van der Waals surface area contributed by atoms with Crippen molar-refractivity contribution in [2.75, 3.05) is 0 Å². The summed E-state index contributed by atoms with van der Waals surface area (Å²) in [6.07, 6.45) is 1.57. The fourth-order valence-electron chi connectivity index (χ4n) is 2.22. The zero-order chi connectivity index (χ0) is 18.0. The van der Waals surface area contributed by atoms with Gasteiger partial charge in [0.1, 0.15) is 18.1 Å². The highest BCUT2D eigenvalue weighted by molar-refractivity contribution is 9.11. The maximum atomic E-state index is 9.76. The Morgan fingerprint density at radius 3 is 2.40 bits per heavy atom. The number of ether oxygens (including phenoxy) is 1. The molecule has 0 saturated heterocycles. The molecule has 128 valence electrons. The fraction of sp³-hybridized carbons (Fsp3) is 0.118. The predicted molar refractivity (Wildman–Crippen MR) is 103 cm³/mol. The van der Waals surface area contributed by atoms with Gasteiger partial charge in [-0.2, -0.15) is 0 Å². The molecule has 0 bridgehead atoms. The molecule has 1 N–H and O–H groups in total. The van der Waals surface area contributed by atoms with Gasteiger partial charge in [-0.3, -0.25) is 0 Å². The Morgan fingerprint density at radius 2 is 1.80 bits per heavy atom. The summed E-state index contributed by atoms with van der Waals surface area (Å²) in [5.74, 6) is 0.126. The standard InChI is InChI=1S/C17H12Br2ClN3O2/c1-9-2-10(4-12(20)3-9)8-25-17-21-7-15(22-23-17)11-5-13(18)16(24)14(19)6-11/h2-7,24H,8H2,1H3. The number of aromatic nitrogens is 3. The number of hydrogen-bond donors (Lipinski definition) is 1. The SMILES string of the molecule is Cc1cc(Cl)cc(COc2ncc(-c3cc(Br)c(O)c(Br)c3)nn2)c1. The highest BCUT2D eigenvalue weighted by Gasteiger charge is 2.10. The van der Waals surface area contributed by atoms with Gasteiger partial charge in [0, 0.05) is 10.6 Å². The van der Waals surface area contributed by atoms with Gasteiger partial charge in [-0.1, -0.05) is 22.8 Å². The summed E-state index contributed by atoms with van der Waals surface area (Å²) in [6.45, 7) is 2.27. The van der Waals surface area contributed by atoms with E-state index in [1.807, 2.05) is 25.1 Å². The third kappa shape index (κ3) is 4.48. The van der Waals surface area contributed by atoms with Crippen LogP contribution in [0.25, 0.3) is 11.3 Å².